The Morgan fingerprint density at radius 2 is 1.94 bits per heavy atom. The number of benzene rings is 1. The minimum atomic E-state index is -3.24. The van der Waals surface area contributed by atoms with Crippen molar-refractivity contribution in [3.05, 3.63) is 34.9 Å². The van der Waals surface area contributed by atoms with E-state index >= 15 is 0 Å². The average Bonchev–Trinajstić information content (AvgIpc) is 2.19. The van der Waals surface area contributed by atoms with Crippen LogP contribution in [0.25, 0.3) is 0 Å². The zero-order valence-electron chi connectivity index (χ0n) is 9.87. The highest BCUT2D eigenvalue weighted by Crippen LogP contribution is 2.13. The molecule has 5 heteroatoms. The summed E-state index contributed by atoms with van der Waals surface area (Å²) in [6.07, 6.45) is 0. The summed E-state index contributed by atoms with van der Waals surface area (Å²) in [5.74, 6) is 0.0286. The molecule has 90 valence electrons. The molecule has 0 saturated carbocycles. The smallest absolute Gasteiger partial charge is 0.216 e. The summed E-state index contributed by atoms with van der Waals surface area (Å²) < 4.78 is 25.7. The van der Waals surface area contributed by atoms with Crippen LogP contribution in [0.2, 0.25) is 0 Å². The largest absolute Gasteiger partial charge is 0.307 e. The Morgan fingerprint density at radius 1 is 1.25 bits per heavy atom. The monoisotopic (exact) mass is 242 g/mol. The molecule has 2 N–H and O–H groups in total. The van der Waals surface area contributed by atoms with E-state index < -0.39 is 10.0 Å². The maximum Gasteiger partial charge on any atom is 0.216 e. The van der Waals surface area contributed by atoms with Crippen molar-refractivity contribution >= 4 is 10.0 Å². The molecule has 1 aromatic carbocycles. The molecule has 0 aliphatic heterocycles. The Hall–Kier alpha value is -0.910. The average molecular weight is 242 g/mol. The van der Waals surface area contributed by atoms with Gasteiger partial charge in [0.1, 0.15) is 0 Å². The van der Waals surface area contributed by atoms with E-state index in [1.165, 1.54) is 0 Å². The van der Waals surface area contributed by atoms with Gasteiger partial charge >= 0.3 is 0 Å². The fourth-order valence-corrected chi connectivity index (χ4v) is 2.65. The maximum absolute atomic E-state index is 11.6. The minimum Gasteiger partial charge on any atom is -0.307 e. The molecule has 0 unspecified atom stereocenters. The summed E-state index contributed by atoms with van der Waals surface area (Å²) in [6.45, 7) is 4.17. The van der Waals surface area contributed by atoms with Crippen molar-refractivity contribution in [2.75, 3.05) is 13.7 Å². The van der Waals surface area contributed by atoms with E-state index in [-0.39, 0.29) is 12.4 Å². The van der Waals surface area contributed by atoms with E-state index in [1.807, 2.05) is 32.0 Å². The quantitative estimate of drug-likeness (QED) is 0.754. The summed E-state index contributed by atoms with van der Waals surface area (Å²) >= 11 is 0. The van der Waals surface area contributed by atoms with E-state index in [0.717, 1.165) is 16.7 Å². The van der Waals surface area contributed by atoms with Gasteiger partial charge in [-0.05, 0) is 32.0 Å². The first-order valence-electron chi connectivity index (χ1n) is 5.12. The lowest BCUT2D eigenvalue weighted by Gasteiger charge is -2.09. The van der Waals surface area contributed by atoms with Crippen LogP contribution in [0.15, 0.2) is 18.2 Å². The predicted molar refractivity (Wildman–Crippen MR) is 65.6 cm³/mol. The van der Waals surface area contributed by atoms with Crippen LogP contribution >= 0.6 is 0 Å². The molecule has 4 nitrogen and oxygen atoms in total. The van der Waals surface area contributed by atoms with Gasteiger partial charge in [0.15, 0.2) is 0 Å². The zero-order valence-corrected chi connectivity index (χ0v) is 10.7. The molecule has 0 amide bonds. The van der Waals surface area contributed by atoms with Crippen molar-refractivity contribution in [2.24, 2.45) is 0 Å². The first-order chi connectivity index (χ1) is 7.44. The minimum absolute atomic E-state index is 0.0286. The molecule has 0 aromatic heterocycles. The standard InChI is InChI=1S/C11H18N2O2S/c1-9-4-5-11(10(2)6-9)7-16(14,15)13-8-12-3/h4-6,12-13H,7-8H2,1-3H3. The van der Waals surface area contributed by atoms with Crippen LogP contribution < -0.4 is 10.0 Å². The molecular weight excluding hydrogens is 224 g/mol. The normalized spacial score (nSPS) is 11.7. The van der Waals surface area contributed by atoms with Crippen LogP contribution in [0.4, 0.5) is 0 Å². The van der Waals surface area contributed by atoms with Crippen molar-refractivity contribution in [3.63, 3.8) is 0 Å². The number of hydrogen-bond acceptors (Lipinski definition) is 3. The van der Waals surface area contributed by atoms with Gasteiger partial charge in [0.05, 0.1) is 12.4 Å². The third-order valence-corrected chi connectivity index (χ3v) is 3.59. The van der Waals surface area contributed by atoms with Crippen molar-refractivity contribution in [3.8, 4) is 0 Å². The van der Waals surface area contributed by atoms with Crippen LogP contribution in [0.1, 0.15) is 16.7 Å². The van der Waals surface area contributed by atoms with Crippen LogP contribution in [-0.4, -0.2) is 22.1 Å². The zero-order chi connectivity index (χ0) is 12.2. The Kier molecular flexibility index (Phi) is 4.46. The number of hydrogen-bond donors (Lipinski definition) is 2. The predicted octanol–water partition coefficient (Wildman–Crippen LogP) is 0.900. The van der Waals surface area contributed by atoms with Crippen molar-refractivity contribution in [1.82, 2.24) is 10.0 Å². The van der Waals surface area contributed by atoms with E-state index in [2.05, 4.69) is 10.0 Å². The second-order valence-corrected chi connectivity index (χ2v) is 5.67. The van der Waals surface area contributed by atoms with Gasteiger partial charge in [-0.3, -0.25) is 0 Å². The van der Waals surface area contributed by atoms with Crippen molar-refractivity contribution < 1.29 is 8.42 Å². The molecule has 0 bridgehead atoms. The van der Waals surface area contributed by atoms with Gasteiger partial charge in [-0.25, -0.2) is 13.1 Å². The Balaban J connectivity index is 2.80. The lowest BCUT2D eigenvalue weighted by Crippen LogP contribution is -2.32. The number of nitrogens with one attached hydrogen (secondary N) is 2. The van der Waals surface area contributed by atoms with Crippen LogP contribution in [-0.2, 0) is 15.8 Å². The molecular formula is C11H18N2O2S. The van der Waals surface area contributed by atoms with E-state index in [1.54, 1.807) is 7.05 Å². The van der Waals surface area contributed by atoms with Crippen LogP contribution in [0.3, 0.4) is 0 Å². The van der Waals surface area contributed by atoms with E-state index in [4.69, 9.17) is 0 Å². The van der Waals surface area contributed by atoms with Crippen molar-refractivity contribution in [1.29, 1.82) is 0 Å². The van der Waals surface area contributed by atoms with Gasteiger partial charge in [0, 0.05) is 0 Å². The van der Waals surface area contributed by atoms with Gasteiger partial charge in [-0.1, -0.05) is 23.8 Å². The van der Waals surface area contributed by atoms with Gasteiger partial charge in [-0.2, -0.15) is 0 Å². The molecule has 0 atom stereocenters. The van der Waals surface area contributed by atoms with Crippen LogP contribution in [0, 0.1) is 13.8 Å². The molecule has 0 heterocycles. The Morgan fingerprint density at radius 3 is 2.50 bits per heavy atom. The molecule has 0 saturated heterocycles. The first kappa shape index (κ1) is 13.2. The second kappa shape index (κ2) is 5.43. The first-order valence-corrected chi connectivity index (χ1v) is 6.78. The summed E-state index contributed by atoms with van der Waals surface area (Å²) in [5, 5.41) is 2.74. The number of aryl methyl sites for hydroxylation is 2. The Labute approximate surface area is 97.1 Å². The third kappa shape index (κ3) is 3.92. The molecule has 0 aliphatic carbocycles. The summed E-state index contributed by atoms with van der Waals surface area (Å²) in [7, 11) is -1.55. The van der Waals surface area contributed by atoms with E-state index in [0.29, 0.717) is 0 Å². The highest BCUT2D eigenvalue weighted by molar-refractivity contribution is 7.88. The second-order valence-electron chi connectivity index (χ2n) is 3.86. The van der Waals surface area contributed by atoms with Gasteiger partial charge < -0.3 is 5.32 Å². The van der Waals surface area contributed by atoms with E-state index in [9.17, 15) is 8.42 Å². The van der Waals surface area contributed by atoms with Gasteiger partial charge in [-0.15, -0.1) is 0 Å². The van der Waals surface area contributed by atoms with Gasteiger partial charge in [0.25, 0.3) is 0 Å². The fraction of sp³-hybridized carbons (Fsp3) is 0.455. The van der Waals surface area contributed by atoms with Gasteiger partial charge in [0.2, 0.25) is 10.0 Å². The highest BCUT2D eigenvalue weighted by atomic mass is 32.2. The SMILES string of the molecule is CNCNS(=O)(=O)Cc1ccc(C)cc1C. The third-order valence-electron chi connectivity index (χ3n) is 2.31. The van der Waals surface area contributed by atoms with Crippen LogP contribution in [0.5, 0.6) is 0 Å². The molecule has 16 heavy (non-hydrogen) atoms. The maximum atomic E-state index is 11.6. The lowest BCUT2D eigenvalue weighted by atomic mass is 10.1. The summed E-state index contributed by atoms with van der Waals surface area (Å²) in [4.78, 5) is 0. The summed E-state index contributed by atoms with van der Waals surface area (Å²) in [6, 6.07) is 5.78. The number of sulfonamides is 1. The topological polar surface area (TPSA) is 58.2 Å². The molecule has 0 spiro atoms. The fourth-order valence-electron chi connectivity index (χ4n) is 1.45. The number of rotatable bonds is 5. The molecule has 1 aromatic rings. The molecule has 0 fully saturated rings. The van der Waals surface area contributed by atoms with Crippen molar-refractivity contribution in [2.45, 2.75) is 19.6 Å². The summed E-state index contributed by atoms with van der Waals surface area (Å²) in [5.41, 5.74) is 2.99. The molecule has 0 radical (unpaired) electrons. The molecule has 1 rings (SSSR count). The lowest BCUT2D eigenvalue weighted by molar-refractivity contribution is 0.576. The molecule has 0 aliphatic rings. The Bertz CT molecular complexity index is 455. The highest BCUT2D eigenvalue weighted by Gasteiger charge is 2.11.